The number of hydrogen-bond donors (Lipinski definition) is 3. The molecule has 0 saturated heterocycles. The van der Waals surface area contributed by atoms with Gasteiger partial charge in [-0.05, 0) is 52.0 Å². The number of phenols is 2. The van der Waals surface area contributed by atoms with Gasteiger partial charge in [0.15, 0.2) is 6.29 Å². The summed E-state index contributed by atoms with van der Waals surface area (Å²) in [6.07, 6.45) is 2.83. The summed E-state index contributed by atoms with van der Waals surface area (Å²) >= 11 is 0. The van der Waals surface area contributed by atoms with Crippen LogP contribution in [0.5, 0.6) is 11.5 Å². The van der Waals surface area contributed by atoms with E-state index in [0.717, 1.165) is 18.4 Å². The van der Waals surface area contributed by atoms with E-state index in [-0.39, 0.29) is 29.4 Å². The normalized spacial score (nSPS) is 29.0. The average Bonchev–Trinajstić information content (AvgIpc) is 2.98. The van der Waals surface area contributed by atoms with E-state index in [1.165, 1.54) is 7.11 Å². The summed E-state index contributed by atoms with van der Waals surface area (Å²) in [5.41, 5.74) is 2.97. The number of ether oxygens (including phenoxy) is 2. The van der Waals surface area contributed by atoms with Gasteiger partial charge in [0.25, 0.3) is 0 Å². The molecule has 0 radical (unpaired) electrons. The summed E-state index contributed by atoms with van der Waals surface area (Å²) in [6, 6.07) is 1.64. The molecule has 25 heavy (non-hydrogen) atoms. The standard InChI is InChI=1S/C20H28O5/c1-10(2)5-6-12-9-14(22)17-16-13(11(3)21)7-8-15(16)25-20(24-4)18(17)19(12)23/h5,9,11,13,15-16,20-23H,6-8H2,1-4H3/t11-,13-,15-,16-,20-/m1/s1. The van der Waals surface area contributed by atoms with E-state index in [0.29, 0.717) is 23.1 Å². The Labute approximate surface area is 148 Å². The van der Waals surface area contributed by atoms with Gasteiger partial charge < -0.3 is 24.8 Å². The molecule has 0 aromatic heterocycles. The highest BCUT2D eigenvalue weighted by molar-refractivity contribution is 5.57. The first-order valence-corrected chi connectivity index (χ1v) is 8.92. The van der Waals surface area contributed by atoms with Crippen molar-refractivity contribution in [2.75, 3.05) is 7.11 Å². The number of aliphatic hydroxyl groups excluding tert-OH is 1. The Morgan fingerprint density at radius 3 is 2.64 bits per heavy atom. The minimum atomic E-state index is -0.707. The van der Waals surface area contributed by atoms with E-state index < -0.39 is 12.4 Å². The number of hydrogen-bond acceptors (Lipinski definition) is 5. The molecule has 1 aromatic carbocycles. The van der Waals surface area contributed by atoms with Crippen LogP contribution in [-0.2, 0) is 15.9 Å². The summed E-state index contributed by atoms with van der Waals surface area (Å²) < 4.78 is 11.5. The lowest BCUT2D eigenvalue weighted by atomic mass is 9.79. The molecule has 5 heteroatoms. The van der Waals surface area contributed by atoms with Gasteiger partial charge >= 0.3 is 0 Å². The second kappa shape index (κ2) is 6.98. The summed E-state index contributed by atoms with van der Waals surface area (Å²) in [5, 5.41) is 31.8. The molecular formula is C20H28O5. The zero-order valence-corrected chi connectivity index (χ0v) is 15.3. The first kappa shape index (κ1) is 18.2. The zero-order chi connectivity index (χ0) is 18.3. The number of aromatic hydroxyl groups is 2. The monoisotopic (exact) mass is 348 g/mol. The lowest BCUT2D eigenvalue weighted by Gasteiger charge is -2.38. The van der Waals surface area contributed by atoms with Crippen LogP contribution in [0.2, 0.25) is 0 Å². The van der Waals surface area contributed by atoms with Crippen molar-refractivity contribution < 1.29 is 24.8 Å². The number of fused-ring (bicyclic) bond motifs is 3. The minimum Gasteiger partial charge on any atom is -0.508 e. The van der Waals surface area contributed by atoms with Crippen molar-refractivity contribution in [1.82, 2.24) is 0 Å². The first-order chi connectivity index (χ1) is 11.8. The maximum Gasteiger partial charge on any atom is 0.187 e. The van der Waals surface area contributed by atoms with Crippen molar-refractivity contribution in [3.63, 3.8) is 0 Å². The van der Waals surface area contributed by atoms with Gasteiger partial charge in [0, 0.05) is 24.2 Å². The van der Waals surface area contributed by atoms with E-state index in [2.05, 4.69) is 0 Å². The minimum absolute atomic E-state index is 0.00418. The van der Waals surface area contributed by atoms with Crippen LogP contribution in [0.3, 0.4) is 0 Å². The SMILES string of the molecule is CO[C@@H]1O[C@@H]2CC[C@H]([C@@H](C)O)[C@H]2c2c(O)cc(CC=C(C)C)c(O)c21. The maximum atomic E-state index is 10.9. The molecule has 3 rings (SSSR count). The predicted octanol–water partition coefficient (Wildman–Crippen LogP) is 3.52. The quantitative estimate of drug-likeness (QED) is 0.573. The second-order valence-electron chi connectivity index (χ2n) is 7.47. The molecule has 5 nitrogen and oxygen atoms in total. The Morgan fingerprint density at radius 2 is 2.04 bits per heavy atom. The maximum absolute atomic E-state index is 10.9. The fourth-order valence-corrected chi connectivity index (χ4v) is 4.29. The van der Waals surface area contributed by atoms with Crippen LogP contribution in [0.15, 0.2) is 17.7 Å². The predicted molar refractivity (Wildman–Crippen MR) is 94.7 cm³/mol. The zero-order valence-electron chi connectivity index (χ0n) is 15.3. The van der Waals surface area contributed by atoms with E-state index in [9.17, 15) is 15.3 Å². The van der Waals surface area contributed by atoms with Crippen molar-refractivity contribution in [2.24, 2.45) is 5.92 Å². The van der Waals surface area contributed by atoms with Gasteiger partial charge in [-0.2, -0.15) is 0 Å². The lowest BCUT2D eigenvalue weighted by Crippen LogP contribution is -2.33. The van der Waals surface area contributed by atoms with Crippen molar-refractivity contribution >= 4 is 0 Å². The Balaban J connectivity index is 2.13. The summed E-state index contributed by atoms with van der Waals surface area (Å²) in [4.78, 5) is 0. The van der Waals surface area contributed by atoms with Gasteiger partial charge in [0.2, 0.25) is 0 Å². The molecule has 1 aliphatic heterocycles. The second-order valence-corrected chi connectivity index (χ2v) is 7.47. The molecule has 0 unspecified atom stereocenters. The molecular weight excluding hydrogens is 320 g/mol. The summed E-state index contributed by atoms with van der Waals surface area (Å²) in [7, 11) is 1.54. The van der Waals surface area contributed by atoms with Crippen LogP contribution in [0.1, 0.15) is 62.5 Å². The van der Waals surface area contributed by atoms with Crippen LogP contribution < -0.4 is 0 Å². The average molecular weight is 348 g/mol. The fraction of sp³-hybridized carbons (Fsp3) is 0.600. The molecule has 0 bridgehead atoms. The van der Waals surface area contributed by atoms with Crippen molar-refractivity contribution in [3.8, 4) is 11.5 Å². The third kappa shape index (κ3) is 3.16. The highest BCUT2D eigenvalue weighted by Gasteiger charge is 2.48. The third-order valence-corrected chi connectivity index (χ3v) is 5.51. The van der Waals surface area contributed by atoms with E-state index in [1.54, 1.807) is 13.0 Å². The van der Waals surface area contributed by atoms with Crippen LogP contribution in [0, 0.1) is 5.92 Å². The molecule has 0 spiro atoms. The smallest absolute Gasteiger partial charge is 0.187 e. The van der Waals surface area contributed by atoms with Crippen LogP contribution in [0.4, 0.5) is 0 Å². The molecule has 1 heterocycles. The van der Waals surface area contributed by atoms with Gasteiger partial charge in [0.1, 0.15) is 11.5 Å². The molecule has 1 fully saturated rings. The van der Waals surface area contributed by atoms with Crippen LogP contribution >= 0.6 is 0 Å². The molecule has 3 N–H and O–H groups in total. The highest BCUT2D eigenvalue weighted by Crippen LogP contribution is 2.55. The third-order valence-electron chi connectivity index (χ3n) is 5.51. The highest BCUT2D eigenvalue weighted by atomic mass is 16.7. The molecule has 1 saturated carbocycles. The molecule has 5 atom stereocenters. The Hall–Kier alpha value is -1.56. The Kier molecular flexibility index (Phi) is 5.09. The fourth-order valence-electron chi connectivity index (χ4n) is 4.29. The Morgan fingerprint density at radius 1 is 1.32 bits per heavy atom. The van der Waals surface area contributed by atoms with Crippen LogP contribution in [-0.4, -0.2) is 34.6 Å². The number of benzene rings is 1. The summed E-state index contributed by atoms with van der Waals surface area (Å²) in [6.45, 7) is 5.76. The van der Waals surface area contributed by atoms with Gasteiger partial charge in [-0.15, -0.1) is 0 Å². The van der Waals surface area contributed by atoms with Crippen molar-refractivity contribution in [3.05, 3.63) is 34.4 Å². The van der Waals surface area contributed by atoms with Gasteiger partial charge in [-0.25, -0.2) is 0 Å². The molecule has 1 aliphatic carbocycles. The Bertz CT molecular complexity index is 675. The van der Waals surface area contributed by atoms with Crippen LogP contribution in [0.25, 0.3) is 0 Å². The number of aliphatic hydroxyl groups is 1. The van der Waals surface area contributed by atoms with Gasteiger partial charge in [-0.3, -0.25) is 0 Å². The molecule has 138 valence electrons. The van der Waals surface area contributed by atoms with Gasteiger partial charge in [0.05, 0.1) is 17.8 Å². The number of phenolic OH excluding ortho intramolecular Hbond substituents is 2. The number of methoxy groups -OCH3 is 1. The largest absolute Gasteiger partial charge is 0.508 e. The topological polar surface area (TPSA) is 79.2 Å². The number of allylic oxidation sites excluding steroid dienone is 2. The number of rotatable bonds is 4. The van der Waals surface area contributed by atoms with Crippen molar-refractivity contribution in [2.45, 2.75) is 64.4 Å². The van der Waals surface area contributed by atoms with E-state index in [1.807, 2.05) is 19.9 Å². The lowest BCUT2D eigenvalue weighted by molar-refractivity contribution is -0.174. The van der Waals surface area contributed by atoms with Gasteiger partial charge in [-0.1, -0.05) is 11.6 Å². The van der Waals surface area contributed by atoms with Crippen molar-refractivity contribution in [1.29, 1.82) is 0 Å². The van der Waals surface area contributed by atoms with E-state index >= 15 is 0 Å². The van der Waals surface area contributed by atoms with E-state index in [4.69, 9.17) is 9.47 Å². The first-order valence-electron chi connectivity index (χ1n) is 8.92. The molecule has 1 aromatic rings. The molecule has 2 aliphatic rings. The molecule has 0 amide bonds. The summed E-state index contributed by atoms with van der Waals surface area (Å²) in [5.74, 6) is 0.130.